The van der Waals surface area contributed by atoms with Gasteiger partial charge < -0.3 is 5.32 Å². The second-order valence-corrected chi connectivity index (χ2v) is 7.32. The molecule has 2 aromatic carbocycles. The summed E-state index contributed by atoms with van der Waals surface area (Å²) in [7, 11) is -3.78. The second-order valence-electron chi connectivity index (χ2n) is 5.33. The van der Waals surface area contributed by atoms with Crippen LogP contribution in [0, 0.1) is 24.0 Å². The molecule has 1 amide bonds. The van der Waals surface area contributed by atoms with Gasteiger partial charge in [-0.15, -0.1) is 0 Å². The van der Waals surface area contributed by atoms with Gasteiger partial charge in [-0.25, -0.2) is 8.42 Å². The Hall–Kier alpha value is -2.74. The van der Waals surface area contributed by atoms with Crippen LogP contribution in [-0.2, 0) is 14.6 Å². The summed E-state index contributed by atoms with van der Waals surface area (Å²) < 4.78 is 24.5. The fourth-order valence-electron chi connectivity index (χ4n) is 2.14. The van der Waals surface area contributed by atoms with Crippen LogP contribution in [-0.4, -0.2) is 25.0 Å². The molecule has 8 heteroatoms. The Bertz CT molecular complexity index is 889. The van der Waals surface area contributed by atoms with Gasteiger partial charge in [0.25, 0.3) is 5.69 Å². The third kappa shape index (κ3) is 3.96. The van der Waals surface area contributed by atoms with Crippen molar-refractivity contribution in [3.05, 3.63) is 63.7 Å². The lowest BCUT2D eigenvalue weighted by Gasteiger charge is -2.09. The van der Waals surface area contributed by atoms with E-state index in [2.05, 4.69) is 5.32 Å². The molecular formula is C16H16N2O5S. The minimum Gasteiger partial charge on any atom is -0.325 e. The molecule has 2 rings (SSSR count). The molecule has 1 N–H and O–H groups in total. The molecule has 0 spiro atoms. The zero-order valence-electron chi connectivity index (χ0n) is 13.1. The summed E-state index contributed by atoms with van der Waals surface area (Å²) in [4.78, 5) is 22.4. The van der Waals surface area contributed by atoms with Crippen molar-refractivity contribution in [3.8, 4) is 0 Å². The van der Waals surface area contributed by atoms with Crippen LogP contribution in [0.1, 0.15) is 11.1 Å². The van der Waals surface area contributed by atoms with Crippen molar-refractivity contribution in [1.82, 2.24) is 0 Å². The highest BCUT2D eigenvalue weighted by molar-refractivity contribution is 7.92. The third-order valence-electron chi connectivity index (χ3n) is 3.48. The predicted octanol–water partition coefficient (Wildman–Crippen LogP) is 2.62. The summed E-state index contributed by atoms with van der Waals surface area (Å²) >= 11 is 0. The number of nitrogens with zero attached hydrogens (tertiary/aromatic N) is 1. The molecule has 0 radical (unpaired) electrons. The third-order valence-corrected chi connectivity index (χ3v) is 5.11. The van der Waals surface area contributed by atoms with E-state index < -0.39 is 26.4 Å². The molecule has 0 heterocycles. The van der Waals surface area contributed by atoms with Crippen molar-refractivity contribution in [2.75, 3.05) is 11.1 Å². The maximum absolute atomic E-state index is 12.2. The number of rotatable bonds is 5. The number of benzene rings is 2. The Kier molecular flexibility index (Phi) is 4.99. The molecule has 24 heavy (non-hydrogen) atoms. The monoisotopic (exact) mass is 348 g/mol. The largest absolute Gasteiger partial charge is 0.325 e. The molecule has 7 nitrogen and oxygen atoms in total. The van der Waals surface area contributed by atoms with Crippen LogP contribution in [0.15, 0.2) is 47.4 Å². The first-order chi connectivity index (χ1) is 11.2. The van der Waals surface area contributed by atoms with Crippen molar-refractivity contribution in [1.29, 1.82) is 0 Å². The molecule has 0 atom stereocenters. The molecule has 2 aromatic rings. The lowest BCUT2D eigenvalue weighted by Crippen LogP contribution is -2.23. The van der Waals surface area contributed by atoms with Gasteiger partial charge in [0.2, 0.25) is 5.91 Å². The molecule has 0 unspecified atom stereocenters. The number of hydrogen-bond donors (Lipinski definition) is 1. The number of anilines is 1. The molecule has 0 saturated heterocycles. The maximum Gasteiger partial charge on any atom is 0.274 e. The lowest BCUT2D eigenvalue weighted by atomic mass is 10.1. The normalized spacial score (nSPS) is 11.1. The zero-order chi connectivity index (χ0) is 17.9. The number of nitrogens with one attached hydrogen (secondary N) is 1. The topological polar surface area (TPSA) is 106 Å². The number of sulfone groups is 1. The zero-order valence-corrected chi connectivity index (χ0v) is 14.0. The van der Waals surface area contributed by atoms with Gasteiger partial charge in [0.1, 0.15) is 5.75 Å². The highest BCUT2D eigenvalue weighted by Gasteiger charge is 2.21. The Morgan fingerprint density at radius 1 is 1.12 bits per heavy atom. The van der Waals surface area contributed by atoms with Crippen LogP contribution in [0.5, 0.6) is 0 Å². The first-order valence-electron chi connectivity index (χ1n) is 7.04. The van der Waals surface area contributed by atoms with Crippen molar-refractivity contribution in [2.24, 2.45) is 0 Å². The SMILES string of the molecule is Cc1ccc(S(=O)(=O)CC(=O)Nc2cccc([N+](=O)[O-])c2C)cc1. The lowest BCUT2D eigenvalue weighted by molar-refractivity contribution is -0.385. The Morgan fingerprint density at radius 3 is 2.33 bits per heavy atom. The summed E-state index contributed by atoms with van der Waals surface area (Å²) in [6.07, 6.45) is 0. The van der Waals surface area contributed by atoms with Gasteiger partial charge in [-0.1, -0.05) is 23.8 Å². The second kappa shape index (κ2) is 6.79. The van der Waals surface area contributed by atoms with Crippen molar-refractivity contribution in [2.45, 2.75) is 18.7 Å². The van der Waals surface area contributed by atoms with E-state index in [4.69, 9.17) is 0 Å². The Balaban J connectivity index is 2.18. The standard InChI is InChI=1S/C16H16N2O5S/c1-11-6-8-13(9-7-11)24(22,23)10-16(19)17-14-4-3-5-15(12(14)2)18(20)21/h3-9H,10H2,1-2H3,(H,17,19). The number of carbonyl (C=O) groups excluding carboxylic acids is 1. The number of hydrogen-bond acceptors (Lipinski definition) is 5. The van der Waals surface area contributed by atoms with Crippen LogP contribution in [0.3, 0.4) is 0 Å². The van der Waals surface area contributed by atoms with Gasteiger partial charge in [0, 0.05) is 6.07 Å². The molecule has 0 aromatic heterocycles. The smallest absolute Gasteiger partial charge is 0.274 e. The summed E-state index contributed by atoms with van der Waals surface area (Å²) in [6, 6.07) is 10.4. The fourth-order valence-corrected chi connectivity index (χ4v) is 3.28. The maximum atomic E-state index is 12.2. The number of amides is 1. The minimum atomic E-state index is -3.78. The van der Waals surface area contributed by atoms with Crippen molar-refractivity contribution in [3.63, 3.8) is 0 Å². The number of nitro benzene ring substituents is 1. The first-order valence-corrected chi connectivity index (χ1v) is 8.69. The molecular weight excluding hydrogens is 332 g/mol. The van der Waals surface area contributed by atoms with Crippen LogP contribution in [0.2, 0.25) is 0 Å². The molecule has 0 aliphatic heterocycles. The van der Waals surface area contributed by atoms with E-state index in [1.54, 1.807) is 12.1 Å². The first kappa shape index (κ1) is 17.6. The van der Waals surface area contributed by atoms with Gasteiger partial charge in [0.15, 0.2) is 9.84 Å². The average molecular weight is 348 g/mol. The van der Waals surface area contributed by atoms with Crippen LogP contribution < -0.4 is 5.32 Å². The van der Waals surface area contributed by atoms with Gasteiger partial charge in [-0.05, 0) is 32.0 Å². The van der Waals surface area contributed by atoms with E-state index in [0.29, 0.717) is 0 Å². The van der Waals surface area contributed by atoms with Gasteiger partial charge >= 0.3 is 0 Å². The predicted molar refractivity (Wildman–Crippen MR) is 89.7 cm³/mol. The number of carbonyl (C=O) groups is 1. The summed E-state index contributed by atoms with van der Waals surface area (Å²) in [6.45, 7) is 3.32. The van der Waals surface area contributed by atoms with Crippen molar-refractivity contribution < 1.29 is 18.1 Å². The summed E-state index contributed by atoms with van der Waals surface area (Å²) in [5.74, 6) is -1.49. The van der Waals surface area contributed by atoms with E-state index in [1.807, 2.05) is 6.92 Å². The van der Waals surface area contributed by atoms with Gasteiger partial charge in [-0.3, -0.25) is 14.9 Å². The highest BCUT2D eigenvalue weighted by Crippen LogP contribution is 2.25. The van der Waals surface area contributed by atoms with E-state index in [9.17, 15) is 23.3 Å². The molecule has 0 fully saturated rings. The van der Waals surface area contributed by atoms with Crippen LogP contribution in [0.25, 0.3) is 0 Å². The Morgan fingerprint density at radius 2 is 1.75 bits per heavy atom. The molecule has 126 valence electrons. The minimum absolute atomic E-state index is 0.0546. The van der Waals surface area contributed by atoms with E-state index in [0.717, 1.165) is 5.56 Å². The quantitative estimate of drug-likeness (QED) is 0.660. The highest BCUT2D eigenvalue weighted by atomic mass is 32.2. The molecule has 0 aliphatic rings. The van der Waals surface area contributed by atoms with Gasteiger partial charge in [0.05, 0.1) is 21.1 Å². The Labute approximate surface area is 139 Å². The molecule has 0 aliphatic carbocycles. The fraction of sp³-hybridized carbons (Fsp3) is 0.188. The van der Waals surface area contributed by atoms with Gasteiger partial charge in [-0.2, -0.15) is 0 Å². The van der Waals surface area contributed by atoms with Crippen molar-refractivity contribution >= 4 is 27.1 Å². The van der Waals surface area contributed by atoms with Crippen LogP contribution in [0.4, 0.5) is 11.4 Å². The molecule has 0 bridgehead atoms. The van der Waals surface area contributed by atoms with E-state index in [-0.39, 0.29) is 21.8 Å². The van der Waals surface area contributed by atoms with E-state index >= 15 is 0 Å². The van der Waals surface area contributed by atoms with E-state index in [1.165, 1.54) is 37.3 Å². The summed E-state index contributed by atoms with van der Waals surface area (Å²) in [5.41, 5.74) is 1.25. The summed E-state index contributed by atoms with van der Waals surface area (Å²) in [5, 5.41) is 13.3. The van der Waals surface area contributed by atoms with Crippen LogP contribution >= 0.6 is 0 Å². The molecule has 0 saturated carbocycles. The number of nitro groups is 1. The number of aryl methyl sites for hydroxylation is 1. The average Bonchev–Trinajstić information content (AvgIpc) is 2.49.